The molecule has 8 nitrogen and oxygen atoms in total. The number of hydrogen-bond acceptors (Lipinski definition) is 6. The second-order valence-electron chi connectivity index (χ2n) is 8.52. The van der Waals surface area contributed by atoms with Crippen LogP contribution in [0, 0.1) is 0 Å². The highest BCUT2D eigenvalue weighted by molar-refractivity contribution is 6.31. The van der Waals surface area contributed by atoms with E-state index >= 15 is 0 Å². The lowest BCUT2D eigenvalue weighted by Crippen LogP contribution is -2.49. The number of amides is 1. The van der Waals surface area contributed by atoms with Gasteiger partial charge in [-0.1, -0.05) is 11.6 Å². The van der Waals surface area contributed by atoms with E-state index in [1.165, 1.54) is 4.80 Å². The van der Waals surface area contributed by atoms with Crippen molar-refractivity contribution < 1.29 is 14.6 Å². The highest BCUT2D eigenvalue weighted by Crippen LogP contribution is 2.31. The van der Waals surface area contributed by atoms with Gasteiger partial charge in [-0.05, 0) is 63.9 Å². The fourth-order valence-corrected chi connectivity index (χ4v) is 4.08. The number of rotatable bonds is 5. The Morgan fingerprint density at radius 1 is 1.19 bits per heavy atom. The average Bonchev–Trinajstić information content (AvgIpc) is 3.29. The van der Waals surface area contributed by atoms with Gasteiger partial charge in [0, 0.05) is 22.8 Å². The number of aliphatic hydroxyl groups is 1. The molecular formula is C23H26ClN5O3. The van der Waals surface area contributed by atoms with Crippen LogP contribution in [0.25, 0.3) is 5.69 Å². The van der Waals surface area contributed by atoms with Crippen LogP contribution in [0.15, 0.2) is 48.9 Å². The largest absolute Gasteiger partial charge is 0.472 e. The molecule has 32 heavy (non-hydrogen) atoms. The zero-order chi connectivity index (χ0) is 22.9. The van der Waals surface area contributed by atoms with Gasteiger partial charge in [0.15, 0.2) is 0 Å². The van der Waals surface area contributed by atoms with E-state index in [0.717, 1.165) is 12.8 Å². The SMILES string of the molecule is C[C@@H]1CC[C@@H](Oc2ncccc2C(C)(C)O)CN1C(=O)c1cc(Cl)ccc1-n1nccn1. The Kier molecular flexibility index (Phi) is 6.17. The number of carbonyl (C=O) groups is 1. The van der Waals surface area contributed by atoms with Gasteiger partial charge < -0.3 is 14.7 Å². The number of benzene rings is 1. The molecule has 1 fully saturated rings. The first-order chi connectivity index (χ1) is 15.2. The quantitative estimate of drug-likeness (QED) is 0.631. The lowest BCUT2D eigenvalue weighted by atomic mass is 9.98. The van der Waals surface area contributed by atoms with Gasteiger partial charge in [0.05, 0.1) is 35.8 Å². The van der Waals surface area contributed by atoms with E-state index in [-0.39, 0.29) is 18.1 Å². The molecule has 1 aliphatic heterocycles. The van der Waals surface area contributed by atoms with Crippen LogP contribution in [-0.2, 0) is 5.60 Å². The van der Waals surface area contributed by atoms with Crippen LogP contribution in [0.2, 0.25) is 5.02 Å². The van der Waals surface area contributed by atoms with E-state index in [9.17, 15) is 9.90 Å². The molecular weight excluding hydrogens is 430 g/mol. The normalized spacial score (nSPS) is 19.1. The third-order valence-corrected chi connectivity index (χ3v) is 5.87. The number of ether oxygens (including phenoxy) is 1. The Labute approximate surface area is 191 Å². The molecule has 0 spiro atoms. The molecule has 0 aliphatic carbocycles. The minimum atomic E-state index is -1.09. The molecule has 1 saturated heterocycles. The first kappa shape index (κ1) is 22.2. The van der Waals surface area contributed by atoms with E-state index < -0.39 is 5.60 Å². The molecule has 1 aromatic carbocycles. The Morgan fingerprint density at radius 3 is 2.66 bits per heavy atom. The summed E-state index contributed by atoms with van der Waals surface area (Å²) < 4.78 is 6.18. The number of likely N-dealkylation sites (tertiary alicyclic amines) is 1. The second kappa shape index (κ2) is 8.88. The maximum Gasteiger partial charge on any atom is 0.256 e. The Morgan fingerprint density at radius 2 is 1.94 bits per heavy atom. The van der Waals surface area contributed by atoms with Crippen LogP contribution >= 0.6 is 11.6 Å². The minimum absolute atomic E-state index is 0.0252. The number of carbonyl (C=O) groups excluding carboxylic acids is 1. The Bertz CT molecular complexity index is 1100. The van der Waals surface area contributed by atoms with E-state index in [1.54, 1.807) is 67.7 Å². The van der Waals surface area contributed by atoms with E-state index in [1.807, 2.05) is 6.92 Å². The summed E-state index contributed by atoms with van der Waals surface area (Å²) >= 11 is 6.22. The molecule has 3 heterocycles. The summed E-state index contributed by atoms with van der Waals surface area (Å²) in [7, 11) is 0. The van der Waals surface area contributed by atoms with Crippen molar-refractivity contribution in [1.82, 2.24) is 24.9 Å². The van der Waals surface area contributed by atoms with Crippen molar-refractivity contribution in [3.05, 3.63) is 65.1 Å². The van der Waals surface area contributed by atoms with Crippen LogP contribution in [0.5, 0.6) is 5.88 Å². The lowest BCUT2D eigenvalue weighted by molar-refractivity contribution is 0.0325. The van der Waals surface area contributed by atoms with Gasteiger partial charge in [-0.25, -0.2) is 4.98 Å². The highest BCUT2D eigenvalue weighted by Gasteiger charge is 2.33. The van der Waals surface area contributed by atoms with Gasteiger partial charge in [0.1, 0.15) is 6.10 Å². The number of aromatic nitrogens is 4. The van der Waals surface area contributed by atoms with Gasteiger partial charge in [-0.2, -0.15) is 15.0 Å². The standard InChI is InChI=1S/C23H26ClN5O3/c1-15-6-8-17(32-21-19(23(2,3)31)5-4-10-25-21)14-28(15)22(30)18-13-16(24)7-9-20(18)29-26-11-12-27-29/h4-5,7,9-13,15,17,31H,6,8,14H2,1-3H3/t15-,17-/m1/s1. The third kappa shape index (κ3) is 4.61. The first-order valence-electron chi connectivity index (χ1n) is 10.6. The molecule has 0 unspecified atom stereocenters. The van der Waals surface area contributed by atoms with Crippen LogP contribution in [0.3, 0.4) is 0 Å². The summed E-state index contributed by atoms with van der Waals surface area (Å²) in [6.45, 7) is 5.80. The van der Waals surface area contributed by atoms with Crippen LogP contribution < -0.4 is 4.74 Å². The maximum atomic E-state index is 13.6. The molecule has 2 aromatic heterocycles. The van der Waals surface area contributed by atoms with Crippen molar-refractivity contribution in [2.75, 3.05) is 6.54 Å². The fourth-order valence-electron chi connectivity index (χ4n) is 3.91. The summed E-state index contributed by atoms with van der Waals surface area (Å²) in [6.07, 6.45) is 6.05. The smallest absolute Gasteiger partial charge is 0.256 e. The predicted octanol–water partition coefficient (Wildman–Crippen LogP) is 3.62. The van der Waals surface area contributed by atoms with Gasteiger partial charge in [-0.15, -0.1) is 0 Å². The summed E-state index contributed by atoms with van der Waals surface area (Å²) in [4.78, 5) is 21.1. The maximum absolute atomic E-state index is 13.6. The van der Waals surface area contributed by atoms with Crippen molar-refractivity contribution in [2.45, 2.75) is 51.4 Å². The lowest BCUT2D eigenvalue weighted by Gasteiger charge is -2.38. The zero-order valence-corrected chi connectivity index (χ0v) is 19.0. The molecule has 1 N–H and O–H groups in total. The number of halogens is 1. The molecule has 4 rings (SSSR count). The summed E-state index contributed by atoms with van der Waals surface area (Å²) in [6, 6.07) is 8.68. The number of piperidine rings is 1. The van der Waals surface area contributed by atoms with E-state index in [0.29, 0.717) is 34.3 Å². The zero-order valence-electron chi connectivity index (χ0n) is 18.3. The molecule has 1 amide bonds. The van der Waals surface area contributed by atoms with Crippen molar-refractivity contribution in [1.29, 1.82) is 0 Å². The monoisotopic (exact) mass is 455 g/mol. The van der Waals surface area contributed by atoms with Crippen molar-refractivity contribution in [3.63, 3.8) is 0 Å². The molecule has 0 saturated carbocycles. The third-order valence-electron chi connectivity index (χ3n) is 5.63. The molecule has 1 aliphatic rings. The second-order valence-corrected chi connectivity index (χ2v) is 8.96. The van der Waals surface area contributed by atoms with Crippen LogP contribution in [0.1, 0.15) is 49.5 Å². The van der Waals surface area contributed by atoms with Gasteiger partial charge in [-0.3, -0.25) is 4.79 Å². The topological polar surface area (TPSA) is 93.4 Å². The first-order valence-corrected chi connectivity index (χ1v) is 10.9. The van der Waals surface area contributed by atoms with Gasteiger partial charge in [0.2, 0.25) is 5.88 Å². The van der Waals surface area contributed by atoms with Crippen molar-refractivity contribution in [2.24, 2.45) is 0 Å². The highest BCUT2D eigenvalue weighted by atomic mass is 35.5. The Hall–Kier alpha value is -2.97. The Balaban J connectivity index is 1.59. The van der Waals surface area contributed by atoms with Gasteiger partial charge in [0.25, 0.3) is 5.91 Å². The number of pyridine rings is 1. The molecule has 9 heteroatoms. The van der Waals surface area contributed by atoms with Crippen molar-refractivity contribution >= 4 is 17.5 Å². The minimum Gasteiger partial charge on any atom is -0.472 e. The average molecular weight is 456 g/mol. The fraction of sp³-hybridized carbons (Fsp3) is 0.391. The van der Waals surface area contributed by atoms with Crippen LogP contribution in [-0.4, -0.2) is 54.6 Å². The van der Waals surface area contributed by atoms with Crippen LogP contribution in [0.4, 0.5) is 0 Å². The molecule has 2 atom stereocenters. The van der Waals surface area contributed by atoms with E-state index in [4.69, 9.17) is 16.3 Å². The molecule has 3 aromatic rings. The predicted molar refractivity (Wildman–Crippen MR) is 120 cm³/mol. The molecule has 0 bridgehead atoms. The van der Waals surface area contributed by atoms with E-state index in [2.05, 4.69) is 15.2 Å². The molecule has 168 valence electrons. The summed E-state index contributed by atoms with van der Waals surface area (Å²) in [5.41, 5.74) is 0.510. The van der Waals surface area contributed by atoms with Gasteiger partial charge >= 0.3 is 0 Å². The number of nitrogens with zero attached hydrogens (tertiary/aromatic N) is 5. The summed E-state index contributed by atoms with van der Waals surface area (Å²) in [5, 5.41) is 19.3. The molecule has 0 radical (unpaired) electrons. The summed E-state index contributed by atoms with van der Waals surface area (Å²) in [5.74, 6) is 0.223. The number of hydrogen-bond donors (Lipinski definition) is 1. The van der Waals surface area contributed by atoms with Crippen molar-refractivity contribution in [3.8, 4) is 11.6 Å².